The maximum Gasteiger partial charge on any atom is 0.416 e. The molecule has 110 valence electrons. The van der Waals surface area contributed by atoms with Gasteiger partial charge in [0, 0.05) is 13.1 Å². The first-order valence-electron chi connectivity index (χ1n) is 5.48. The minimum absolute atomic E-state index is 0.182. The Morgan fingerprint density at radius 1 is 1.15 bits per heavy atom. The molecule has 0 fully saturated rings. The predicted molar refractivity (Wildman–Crippen MR) is 58.3 cm³/mol. The zero-order chi connectivity index (χ0) is 15.4. The molecule has 0 aliphatic rings. The van der Waals surface area contributed by atoms with E-state index in [9.17, 15) is 26.3 Å². The lowest BCUT2D eigenvalue weighted by molar-refractivity contribution is -0.157. The molecule has 0 heterocycles. The van der Waals surface area contributed by atoms with Crippen LogP contribution in [0.3, 0.4) is 0 Å². The Kier molecular flexibility index (Phi) is 5.00. The van der Waals surface area contributed by atoms with Gasteiger partial charge in [0.2, 0.25) is 0 Å². The standard InChI is InChI=1S/C12H10F6N2/c13-11(14,15)9-3-1-2-8(4-9)6-20-7-10(5-19)12(16,17)18/h1-4,10,20H,6-7H2. The third kappa shape index (κ3) is 4.74. The van der Waals surface area contributed by atoms with E-state index in [1.54, 1.807) is 0 Å². The van der Waals surface area contributed by atoms with Crippen LogP contribution in [0.1, 0.15) is 11.1 Å². The third-order valence-corrected chi connectivity index (χ3v) is 2.48. The van der Waals surface area contributed by atoms with Crippen molar-refractivity contribution in [2.24, 2.45) is 5.92 Å². The maximum absolute atomic E-state index is 12.4. The molecule has 1 aromatic rings. The Morgan fingerprint density at radius 2 is 1.80 bits per heavy atom. The van der Waals surface area contributed by atoms with E-state index >= 15 is 0 Å². The summed E-state index contributed by atoms with van der Waals surface area (Å²) in [4.78, 5) is 0. The normalized spacial score (nSPS) is 13.8. The first-order valence-corrected chi connectivity index (χ1v) is 5.48. The molecule has 0 saturated heterocycles. The number of nitrogens with zero attached hydrogens (tertiary/aromatic N) is 1. The third-order valence-electron chi connectivity index (χ3n) is 2.48. The molecule has 0 radical (unpaired) electrons. The molecule has 0 saturated carbocycles. The molecule has 2 nitrogen and oxygen atoms in total. The van der Waals surface area contributed by atoms with Crippen molar-refractivity contribution in [2.75, 3.05) is 6.54 Å². The van der Waals surface area contributed by atoms with Gasteiger partial charge >= 0.3 is 12.4 Å². The van der Waals surface area contributed by atoms with E-state index in [2.05, 4.69) is 5.32 Å². The highest BCUT2D eigenvalue weighted by atomic mass is 19.4. The fourth-order valence-electron chi connectivity index (χ4n) is 1.45. The van der Waals surface area contributed by atoms with Gasteiger partial charge in [0.25, 0.3) is 0 Å². The quantitative estimate of drug-likeness (QED) is 0.863. The molecule has 1 N–H and O–H groups in total. The number of rotatable bonds is 4. The van der Waals surface area contributed by atoms with Crippen LogP contribution < -0.4 is 5.32 Å². The number of halogens is 6. The lowest BCUT2D eigenvalue weighted by atomic mass is 10.1. The molecular weight excluding hydrogens is 286 g/mol. The fourth-order valence-corrected chi connectivity index (χ4v) is 1.45. The summed E-state index contributed by atoms with van der Waals surface area (Å²) in [5.41, 5.74) is -0.678. The summed E-state index contributed by atoms with van der Waals surface area (Å²) in [5.74, 6) is -2.19. The number of nitriles is 1. The van der Waals surface area contributed by atoms with Crippen LogP contribution in [-0.4, -0.2) is 12.7 Å². The lowest BCUT2D eigenvalue weighted by Crippen LogP contribution is -2.32. The van der Waals surface area contributed by atoms with Crippen molar-refractivity contribution >= 4 is 0 Å². The average Bonchev–Trinajstić information content (AvgIpc) is 2.32. The minimum Gasteiger partial charge on any atom is -0.311 e. The van der Waals surface area contributed by atoms with Gasteiger partial charge in [-0.15, -0.1) is 0 Å². The van der Waals surface area contributed by atoms with Crippen LogP contribution in [0.15, 0.2) is 24.3 Å². The van der Waals surface area contributed by atoms with Crippen LogP contribution in [-0.2, 0) is 12.7 Å². The number of alkyl halides is 6. The molecule has 0 amide bonds. The van der Waals surface area contributed by atoms with E-state index < -0.39 is 30.4 Å². The summed E-state index contributed by atoms with van der Waals surface area (Å²) in [6.07, 6.45) is -9.16. The molecule has 1 unspecified atom stereocenters. The second-order valence-corrected chi connectivity index (χ2v) is 4.05. The molecule has 0 bridgehead atoms. The van der Waals surface area contributed by atoms with Crippen molar-refractivity contribution in [3.05, 3.63) is 35.4 Å². The SMILES string of the molecule is N#CC(CNCc1cccc(C(F)(F)F)c1)C(F)(F)F. The Labute approximate surface area is 111 Å². The van der Waals surface area contributed by atoms with E-state index in [4.69, 9.17) is 5.26 Å². The zero-order valence-electron chi connectivity index (χ0n) is 10.0. The number of hydrogen-bond donors (Lipinski definition) is 1. The second kappa shape index (κ2) is 6.13. The van der Waals surface area contributed by atoms with Crippen molar-refractivity contribution in [3.8, 4) is 6.07 Å². The molecule has 1 aromatic carbocycles. The van der Waals surface area contributed by atoms with Gasteiger partial charge in [-0.1, -0.05) is 18.2 Å². The van der Waals surface area contributed by atoms with E-state index in [0.29, 0.717) is 0 Å². The maximum atomic E-state index is 12.4. The summed E-state index contributed by atoms with van der Waals surface area (Å²) in [7, 11) is 0. The Balaban J connectivity index is 2.61. The van der Waals surface area contributed by atoms with Gasteiger partial charge in [0.15, 0.2) is 5.92 Å². The minimum atomic E-state index is -4.66. The van der Waals surface area contributed by atoms with Crippen LogP contribution in [0.5, 0.6) is 0 Å². The van der Waals surface area contributed by atoms with Crippen LogP contribution >= 0.6 is 0 Å². The number of benzene rings is 1. The Bertz CT molecular complexity index is 486. The van der Waals surface area contributed by atoms with Gasteiger partial charge in [-0.2, -0.15) is 31.6 Å². The van der Waals surface area contributed by atoms with Crippen molar-refractivity contribution in [1.29, 1.82) is 5.26 Å². The van der Waals surface area contributed by atoms with Gasteiger partial charge in [-0.3, -0.25) is 0 Å². The first-order chi connectivity index (χ1) is 9.14. The van der Waals surface area contributed by atoms with Gasteiger partial charge in [0.05, 0.1) is 11.6 Å². The highest BCUT2D eigenvalue weighted by molar-refractivity contribution is 5.25. The van der Waals surface area contributed by atoms with E-state index in [1.165, 1.54) is 12.1 Å². The van der Waals surface area contributed by atoms with Crippen molar-refractivity contribution in [3.63, 3.8) is 0 Å². The van der Waals surface area contributed by atoms with E-state index in [0.717, 1.165) is 18.2 Å². The van der Waals surface area contributed by atoms with Crippen LogP contribution in [0.2, 0.25) is 0 Å². The largest absolute Gasteiger partial charge is 0.416 e. The van der Waals surface area contributed by atoms with Crippen molar-refractivity contribution in [2.45, 2.75) is 18.9 Å². The smallest absolute Gasteiger partial charge is 0.311 e. The summed E-state index contributed by atoms with van der Waals surface area (Å²) in [5, 5.41) is 10.7. The summed E-state index contributed by atoms with van der Waals surface area (Å²) < 4.78 is 74.0. The van der Waals surface area contributed by atoms with E-state index in [1.807, 2.05) is 0 Å². The fraction of sp³-hybridized carbons (Fsp3) is 0.417. The van der Waals surface area contributed by atoms with Crippen molar-refractivity contribution < 1.29 is 26.3 Å². The molecule has 0 aromatic heterocycles. The molecule has 1 rings (SSSR count). The molecule has 1 atom stereocenters. The van der Waals surface area contributed by atoms with Crippen LogP contribution in [0.25, 0.3) is 0 Å². The molecule has 8 heteroatoms. The van der Waals surface area contributed by atoms with Crippen LogP contribution in [0, 0.1) is 17.2 Å². The van der Waals surface area contributed by atoms with Crippen molar-refractivity contribution in [1.82, 2.24) is 5.32 Å². The molecule has 20 heavy (non-hydrogen) atoms. The second-order valence-electron chi connectivity index (χ2n) is 4.05. The predicted octanol–water partition coefficient (Wildman–Crippen LogP) is 3.50. The summed E-state index contributed by atoms with van der Waals surface area (Å²) in [6, 6.07) is 5.35. The Morgan fingerprint density at radius 3 is 2.30 bits per heavy atom. The van der Waals surface area contributed by atoms with Gasteiger partial charge in [0.1, 0.15) is 0 Å². The van der Waals surface area contributed by atoms with E-state index in [-0.39, 0.29) is 12.1 Å². The summed E-state index contributed by atoms with van der Waals surface area (Å²) in [6.45, 7) is -0.853. The summed E-state index contributed by atoms with van der Waals surface area (Å²) >= 11 is 0. The molecule has 0 aliphatic carbocycles. The Hall–Kier alpha value is -1.75. The zero-order valence-corrected chi connectivity index (χ0v) is 10.0. The monoisotopic (exact) mass is 296 g/mol. The van der Waals surface area contributed by atoms with Gasteiger partial charge in [-0.05, 0) is 11.6 Å². The van der Waals surface area contributed by atoms with Crippen LogP contribution in [0.4, 0.5) is 26.3 Å². The van der Waals surface area contributed by atoms with Gasteiger partial charge in [-0.25, -0.2) is 0 Å². The molecular formula is C12H10F6N2. The van der Waals surface area contributed by atoms with Gasteiger partial charge < -0.3 is 5.32 Å². The highest BCUT2D eigenvalue weighted by Crippen LogP contribution is 2.29. The number of hydrogen-bond acceptors (Lipinski definition) is 2. The lowest BCUT2D eigenvalue weighted by Gasteiger charge is -2.14. The average molecular weight is 296 g/mol. The first kappa shape index (κ1) is 16.3. The number of nitrogens with one attached hydrogen (secondary N) is 1. The topological polar surface area (TPSA) is 35.8 Å². The molecule has 0 spiro atoms. The molecule has 0 aliphatic heterocycles. The highest BCUT2D eigenvalue weighted by Gasteiger charge is 2.39.